The first-order valence-electron chi connectivity index (χ1n) is 12.2. The Morgan fingerprint density at radius 2 is 1.49 bits per heavy atom. The maximum Gasteiger partial charge on any atom is 0.258 e. The van der Waals surface area contributed by atoms with Crippen molar-refractivity contribution in [2.75, 3.05) is 43.1 Å². The van der Waals surface area contributed by atoms with Gasteiger partial charge in [0.05, 0.1) is 13.0 Å². The van der Waals surface area contributed by atoms with Gasteiger partial charge in [-0.15, -0.1) is 0 Å². The summed E-state index contributed by atoms with van der Waals surface area (Å²) in [6.07, 6.45) is 0.608. The summed E-state index contributed by atoms with van der Waals surface area (Å²) in [5.41, 5.74) is 3.56. The lowest BCUT2D eigenvalue weighted by Crippen LogP contribution is -2.52. The molecule has 0 radical (unpaired) electrons. The molecular weight excluding hydrogens is 438 g/mol. The second-order valence-electron chi connectivity index (χ2n) is 9.25. The van der Waals surface area contributed by atoms with Crippen molar-refractivity contribution in [2.24, 2.45) is 0 Å². The van der Waals surface area contributed by atoms with E-state index in [1.165, 1.54) is 5.69 Å². The molecule has 0 aromatic heterocycles. The lowest BCUT2D eigenvalue weighted by Gasteiger charge is -2.42. The maximum absolute atomic E-state index is 13.7. The molecule has 0 N–H and O–H groups in total. The molecule has 0 bridgehead atoms. The van der Waals surface area contributed by atoms with E-state index in [1.807, 2.05) is 59.2 Å². The van der Waals surface area contributed by atoms with Crippen molar-refractivity contribution in [2.45, 2.75) is 25.3 Å². The Labute approximate surface area is 206 Å². The summed E-state index contributed by atoms with van der Waals surface area (Å²) in [5, 5.41) is 0. The highest BCUT2D eigenvalue weighted by molar-refractivity contribution is 6.08. The predicted octanol–water partition coefficient (Wildman–Crippen LogP) is 4.57. The first-order chi connectivity index (χ1) is 17.1. The highest BCUT2D eigenvalue weighted by Crippen LogP contribution is 2.40. The zero-order chi connectivity index (χ0) is 24.4. The van der Waals surface area contributed by atoms with Crippen LogP contribution in [0, 0.1) is 0 Å². The second-order valence-corrected chi connectivity index (χ2v) is 9.25. The largest absolute Gasteiger partial charge is 0.497 e. The molecule has 3 aromatic carbocycles. The number of hydrogen-bond acceptors (Lipinski definition) is 4. The van der Waals surface area contributed by atoms with Gasteiger partial charge in [0, 0.05) is 49.2 Å². The summed E-state index contributed by atoms with van der Waals surface area (Å²) in [6, 6.07) is 25.3. The first kappa shape index (κ1) is 23.0. The van der Waals surface area contributed by atoms with Crippen LogP contribution in [0.15, 0.2) is 78.9 Å². The Hall–Kier alpha value is -3.80. The third-order valence-corrected chi connectivity index (χ3v) is 7.16. The van der Waals surface area contributed by atoms with Gasteiger partial charge in [-0.1, -0.05) is 36.4 Å². The summed E-state index contributed by atoms with van der Waals surface area (Å²) >= 11 is 0. The zero-order valence-corrected chi connectivity index (χ0v) is 20.3. The summed E-state index contributed by atoms with van der Waals surface area (Å²) in [4.78, 5) is 33.4. The van der Waals surface area contributed by atoms with Gasteiger partial charge in [-0.05, 0) is 61.4 Å². The van der Waals surface area contributed by atoms with E-state index in [-0.39, 0.29) is 23.8 Å². The van der Waals surface area contributed by atoms with Crippen molar-refractivity contribution >= 4 is 23.2 Å². The summed E-state index contributed by atoms with van der Waals surface area (Å²) < 4.78 is 5.23. The number of methoxy groups -OCH3 is 1. The van der Waals surface area contributed by atoms with Crippen LogP contribution in [0.1, 0.15) is 35.2 Å². The third kappa shape index (κ3) is 4.48. The number of amides is 2. The van der Waals surface area contributed by atoms with E-state index in [9.17, 15) is 9.59 Å². The molecule has 1 unspecified atom stereocenters. The Kier molecular flexibility index (Phi) is 6.45. The number of ether oxygens (including phenoxy) is 1. The monoisotopic (exact) mass is 469 g/mol. The number of para-hydroxylation sites is 2. The topological polar surface area (TPSA) is 53.1 Å². The fourth-order valence-corrected chi connectivity index (χ4v) is 5.27. The van der Waals surface area contributed by atoms with Crippen LogP contribution in [0.3, 0.4) is 0 Å². The molecule has 5 rings (SSSR count). The fourth-order valence-electron chi connectivity index (χ4n) is 5.27. The number of anilines is 2. The molecule has 1 saturated heterocycles. The third-order valence-electron chi connectivity index (χ3n) is 7.16. The van der Waals surface area contributed by atoms with Gasteiger partial charge in [-0.2, -0.15) is 0 Å². The summed E-state index contributed by atoms with van der Waals surface area (Å²) in [5.74, 6) is 0.569. The first-order valence-corrected chi connectivity index (χ1v) is 12.2. The Morgan fingerprint density at radius 1 is 0.829 bits per heavy atom. The SMILES string of the molecule is COc1ccc(C(=O)N2c3ccccc3C(C(=O)N3CCN(c4ccccc4)CC3)C[C@@H]2C)cc1. The number of carbonyl (C=O) groups excluding carboxylic acids is 2. The van der Waals surface area contributed by atoms with Gasteiger partial charge in [-0.3, -0.25) is 9.59 Å². The molecule has 2 aliphatic heterocycles. The fraction of sp³-hybridized carbons (Fsp3) is 0.310. The van der Waals surface area contributed by atoms with Crippen LogP contribution < -0.4 is 14.5 Å². The second kappa shape index (κ2) is 9.82. The predicted molar refractivity (Wildman–Crippen MR) is 138 cm³/mol. The van der Waals surface area contributed by atoms with Gasteiger partial charge in [-0.25, -0.2) is 0 Å². The average molecular weight is 470 g/mol. The van der Waals surface area contributed by atoms with Gasteiger partial charge in [0.1, 0.15) is 5.75 Å². The minimum Gasteiger partial charge on any atom is -0.497 e. The highest BCUT2D eigenvalue weighted by atomic mass is 16.5. The van der Waals surface area contributed by atoms with Crippen LogP contribution in [0.25, 0.3) is 0 Å². The van der Waals surface area contributed by atoms with Crippen molar-refractivity contribution in [3.8, 4) is 5.75 Å². The molecule has 2 heterocycles. The van der Waals surface area contributed by atoms with Crippen LogP contribution in [-0.4, -0.2) is 56.0 Å². The van der Waals surface area contributed by atoms with Gasteiger partial charge >= 0.3 is 0 Å². The van der Waals surface area contributed by atoms with Crippen molar-refractivity contribution in [3.63, 3.8) is 0 Å². The molecule has 2 atom stereocenters. The Balaban J connectivity index is 1.35. The number of carbonyl (C=O) groups is 2. The van der Waals surface area contributed by atoms with E-state index < -0.39 is 0 Å². The lowest BCUT2D eigenvalue weighted by atomic mass is 9.84. The van der Waals surface area contributed by atoms with Crippen LogP contribution >= 0.6 is 0 Å². The van der Waals surface area contributed by atoms with Gasteiger partial charge < -0.3 is 19.4 Å². The zero-order valence-electron chi connectivity index (χ0n) is 20.3. The molecule has 180 valence electrons. The normalized spacial score (nSPS) is 19.8. The molecule has 3 aromatic rings. The van der Waals surface area contributed by atoms with Gasteiger partial charge in [0.15, 0.2) is 0 Å². The van der Waals surface area contributed by atoms with E-state index in [0.717, 1.165) is 24.3 Å². The molecule has 0 spiro atoms. The van der Waals surface area contributed by atoms with Gasteiger partial charge in [0.25, 0.3) is 5.91 Å². The summed E-state index contributed by atoms with van der Waals surface area (Å²) in [6.45, 7) is 5.08. The van der Waals surface area contributed by atoms with Crippen molar-refractivity contribution in [3.05, 3.63) is 90.0 Å². The lowest BCUT2D eigenvalue weighted by molar-refractivity contribution is -0.133. The van der Waals surface area contributed by atoms with Crippen LogP contribution in [-0.2, 0) is 4.79 Å². The van der Waals surface area contributed by atoms with E-state index in [1.54, 1.807) is 31.4 Å². The van der Waals surface area contributed by atoms with E-state index >= 15 is 0 Å². The molecule has 2 aliphatic rings. The van der Waals surface area contributed by atoms with E-state index in [0.29, 0.717) is 30.8 Å². The number of hydrogen-bond donors (Lipinski definition) is 0. The van der Waals surface area contributed by atoms with Crippen molar-refractivity contribution in [1.29, 1.82) is 0 Å². The number of fused-ring (bicyclic) bond motifs is 1. The number of nitrogens with zero attached hydrogens (tertiary/aromatic N) is 3. The van der Waals surface area contributed by atoms with E-state index in [4.69, 9.17) is 4.74 Å². The Bertz CT molecular complexity index is 1190. The van der Waals surface area contributed by atoms with E-state index in [2.05, 4.69) is 17.0 Å². The molecule has 6 nitrogen and oxygen atoms in total. The summed E-state index contributed by atoms with van der Waals surface area (Å²) in [7, 11) is 1.61. The molecule has 6 heteroatoms. The number of benzene rings is 3. The number of piperazine rings is 1. The molecule has 0 aliphatic carbocycles. The molecular formula is C29H31N3O3. The van der Waals surface area contributed by atoms with Crippen LogP contribution in [0.5, 0.6) is 5.75 Å². The molecule has 2 amide bonds. The standard InChI is InChI=1S/C29H31N3O3/c1-21-20-26(29(34)31-18-16-30(17-19-31)23-8-4-3-5-9-23)25-10-6-7-11-27(25)32(21)28(33)22-12-14-24(35-2)15-13-22/h3-15,21,26H,16-20H2,1-2H3/t21-,26?/m0/s1. The quantitative estimate of drug-likeness (QED) is 0.562. The molecule has 0 saturated carbocycles. The molecule has 35 heavy (non-hydrogen) atoms. The highest BCUT2D eigenvalue weighted by Gasteiger charge is 2.39. The maximum atomic E-state index is 13.7. The van der Waals surface area contributed by atoms with Crippen molar-refractivity contribution < 1.29 is 14.3 Å². The van der Waals surface area contributed by atoms with Crippen molar-refractivity contribution in [1.82, 2.24) is 4.90 Å². The smallest absolute Gasteiger partial charge is 0.258 e. The minimum atomic E-state index is -0.246. The minimum absolute atomic E-state index is 0.0602. The van der Waals surface area contributed by atoms with Gasteiger partial charge in [0.2, 0.25) is 5.91 Å². The van der Waals surface area contributed by atoms with Crippen LogP contribution in [0.4, 0.5) is 11.4 Å². The molecule has 1 fully saturated rings. The number of rotatable bonds is 4. The average Bonchev–Trinajstić information content (AvgIpc) is 2.92. The van der Waals surface area contributed by atoms with Crippen LogP contribution in [0.2, 0.25) is 0 Å². The Morgan fingerprint density at radius 3 is 2.17 bits per heavy atom.